The molecule has 3 rings (SSSR count). The third-order valence-corrected chi connectivity index (χ3v) is 3.67. The average Bonchev–Trinajstić information content (AvgIpc) is 3.14. The molecule has 0 radical (unpaired) electrons. The van der Waals surface area contributed by atoms with Gasteiger partial charge in [0.25, 0.3) is 0 Å². The number of aromatic amines is 1. The molecule has 3 aromatic rings. The fourth-order valence-corrected chi connectivity index (χ4v) is 2.63. The highest BCUT2D eigenvalue weighted by molar-refractivity contribution is 5.77. The van der Waals surface area contributed by atoms with E-state index in [1.807, 2.05) is 24.3 Å². The minimum Gasteiger partial charge on any atom is -0.345 e. The van der Waals surface area contributed by atoms with Crippen molar-refractivity contribution in [1.82, 2.24) is 24.8 Å². The summed E-state index contributed by atoms with van der Waals surface area (Å²) >= 11 is 0. The minimum absolute atomic E-state index is 0.0471. The Morgan fingerprint density at radius 3 is 2.87 bits per heavy atom. The van der Waals surface area contributed by atoms with Gasteiger partial charge in [0.1, 0.15) is 12.4 Å². The molecule has 120 valence electrons. The molecule has 0 saturated heterocycles. The number of H-pyrrole nitrogens is 1. The van der Waals surface area contributed by atoms with E-state index in [0.717, 1.165) is 23.3 Å². The quantitative estimate of drug-likeness (QED) is 0.735. The van der Waals surface area contributed by atoms with Gasteiger partial charge in [-0.3, -0.25) is 4.79 Å². The zero-order chi connectivity index (χ0) is 16.2. The highest BCUT2D eigenvalue weighted by Crippen LogP contribution is 2.21. The predicted molar refractivity (Wildman–Crippen MR) is 88.7 cm³/mol. The molecule has 0 unspecified atom stereocenters. The van der Waals surface area contributed by atoms with Crippen LogP contribution in [0.1, 0.15) is 32.1 Å². The smallest absolute Gasteiger partial charge is 0.240 e. The number of aromatic nitrogens is 4. The summed E-state index contributed by atoms with van der Waals surface area (Å²) in [5.74, 6) is 1.20. The average molecular weight is 311 g/mol. The maximum absolute atomic E-state index is 12.3. The van der Waals surface area contributed by atoms with Gasteiger partial charge >= 0.3 is 0 Å². The lowest BCUT2D eigenvalue weighted by atomic mass is 10.0. The lowest BCUT2D eigenvalue weighted by Crippen LogP contribution is -2.32. The summed E-state index contributed by atoms with van der Waals surface area (Å²) in [6, 6.07) is 7.76. The zero-order valence-electron chi connectivity index (χ0n) is 13.4. The van der Waals surface area contributed by atoms with E-state index in [0.29, 0.717) is 5.92 Å². The van der Waals surface area contributed by atoms with E-state index in [4.69, 9.17) is 0 Å². The van der Waals surface area contributed by atoms with E-state index in [9.17, 15) is 4.79 Å². The fraction of sp³-hybridized carbons (Fsp3) is 0.353. The Morgan fingerprint density at radius 2 is 2.17 bits per heavy atom. The number of amides is 1. The number of para-hydroxylation sites is 2. The number of imidazole rings is 2. The molecule has 0 spiro atoms. The van der Waals surface area contributed by atoms with Crippen molar-refractivity contribution >= 4 is 16.9 Å². The highest BCUT2D eigenvalue weighted by atomic mass is 16.2. The second-order valence-electron chi connectivity index (χ2n) is 6.12. The van der Waals surface area contributed by atoms with E-state index in [1.54, 1.807) is 23.3 Å². The molecular formula is C17H21N5O. The Kier molecular flexibility index (Phi) is 4.41. The molecular weight excluding hydrogens is 290 g/mol. The van der Waals surface area contributed by atoms with Gasteiger partial charge in [0.05, 0.1) is 23.4 Å². The first kappa shape index (κ1) is 15.3. The van der Waals surface area contributed by atoms with Crippen LogP contribution in [0, 0.1) is 5.92 Å². The Labute approximate surface area is 135 Å². The molecule has 0 aliphatic heterocycles. The van der Waals surface area contributed by atoms with Crippen LogP contribution in [-0.4, -0.2) is 25.4 Å². The molecule has 0 aliphatic rings. The minimum atomic E-state index is -0.126. The number of hydrogen-bond donors (Lipinski definition) is 2. The summed E-state index contributed by atoms with van der Waals surface area (Å²) in [4.78, 5) is 24.2. The maximum Gasteiger partial charge on any atom is 0.240 e. The summed E-state index contributed by atoms with van der Waals surface area (Å²) in [6.07, 6.45) is 5.91. The first-order valence-corrected chi connectivity index (χ1v) is 7.81. The van der Waals surface area contributed by atoms with Crippen molar-refractivity contribution in [3.8, 4) is 0 Å². The number of hydrogen-bond acceptors (Lipinski definition) is 3. The van der Waals surface area contributed by atoms with Crippen molar-refractivity contribution < 1.29 is 4.79 Å². The van der Waals surface area contributed by atoms with Gasteiger partial charge < -0.3 is 14.9 Å². The first-order valence-electron chi connectivity index (χ1n) is 7.81. The van der Waals surface area contributed by atoms with Crippen molar-refractivity contribution in [3.05, 3.63) is 48.8 Å². The predicted octanol–water partition coefficient (Wildman–Crippen LogP) is 2.66. The highest BCUT2D eigenvalue weighted by Gasteiger charge is 2.19. The standard InChI is InChI=1S/C17H21N5O/c1-12(2)9-15(19-16(23)10-22-8-7-18-11-22)17-20-13-5-3-4-6-14(13)21-17/h3-8,11-12,15H,9-10H2,1-2H3,(H,19,23)(H,20,21)/t15-/m0/s1. The zero-order valence-corrected chi connectivity index (χ0v) is 13.4. The molecule has 2 N–H and O–H groups in total. The molecule has 0 aliphatic carbocycles. The molecule has 6 heteroatoms. The Hall–Kier alpha value is -2.63. The van der Waals surface area contributed by atoms with Crippen LogP contribution in [0.4, 0.5) is 0 Å². The Balaban J connectivity index is 1.78. The van der Waals surface area contributed by atoms with Crippen LogP contribution in [0.15, 0.2) is 43.0 Å². The molecule has 23 heavy (non-hydrogen) atoms. The van der Waals surface area contributed by atoms with Crippen LogP contribution in [0.25, 0.3) is 11.0 Å². The van der Waals surface area contributed by atoms with Gasteiger partial charge in [0.15, 0.2) is 0 Å². The van der Waals surface area contributed by atoms with Gasteiger partial charge in [-0.2, -0.15) is 0 Å². The second kappa shape index (κ2) is 6.64. The number of carbonyl (C=O) groups is 1. The topological polar surface area (TPSA) is 75.6 Å². The van der Waals surface area contributed by atoms with Gasteiger partial charge in [0, 0.05) is 12.4 Å². The number of carbonyl (C=O) groups excluding carboxylic acids is 1. The molecule has 0 bridgehead atoms. The van der Waals surface area contributed by atoms with Crippen LogP contribution >= 0.6 is 0 Å². The number of nitrogens with zero attached hydrogens (tertiary/aromatic N) is 3. The number of fused-ring (bicyclic) bond motifs is 1. The molecule has 6 nitrogen and oxygen atoms in total. The third-order valence-electron chi connectivity index (χ3n) is 3.67. The summed E-state index contributed by atoms with van der Waals surface area (Å²) in [6.45, 7) is 4.53. The molecule has 1 aromatic carbocycles. The maximum atomic E-state index is 12.3. The lowest BCUT2D eigenvalue weighted by Gasteiger charge is -2.18. The van der Waals surface area contributed by atoms with E-state index < -0.39 is 0 Å². The number of rotatable bonds is 6. The van der Waals surface area contributed by atoms with Gasteiger partial charge in [-0.15, -0.1) is 0 Å². The Bertz CT molecular complexity index is 742. The normalized spacial score (nSPS) is 12.7. The third kappa shape index (κ3) is 3.77. The largest absolute Gasteiger partial charge is 0.345 e. The fourth-order valence-electron chi connectivity index (χ4n) is 2.63. The van der Waals surface area contributed by atoms with Crippen LogP contribution in [-0.2, 0) is 11.3 Å². The Morgan fingerprint density at radius 1 is 1.35 bits per heavy atom. The van der Waals surface area contributed by atoms with Crippen LogP contribution in [0.5, 0.6) is 0 Å². The SMILES string of the molecule is CC(C)C[C@H](NC(=O)Cn1ccnc1)c1nc2ccccc2[nH]1. The van der Waals surface area contributed by atoms with Crippen LogP contribution in [0.3, 0.4) is 0 Å². The summed E-state index contributed by atoms with van der Waals surface area (Å²) in [5, 5.41) is 3.08. The number of benzene rings is 1. The van der Waals surface area contributed by atoms with Gasteiger partial charge in [0.2, 0.25) is 5.91 Å². The van der Waals surface area contributed by atoms with E-state index in [-0.39, 0.29) is 18.5 Å². The van der Waals surface area contributed by atoms with E-state index in [2.05, 4.69) is 34.1 Å². The van der Waals surface area contributed by atoms with Gasteiger partial charge in [-0.25, -0.2) is 9.97 Å². The molecule has 2 aromatic heterocycles. The molecule has 0 saturated carbocycles. The van der Waals surface area contributed by atoms with Crippen molar-refractivity contribution in [2.45, 2.75) is 32.9 Å². The molecule has 1 amide bonds. The van der Waals surface area contributed by atoms with E-state index in [1.165, 1.54) is 0 Å². The molecule has 0 fully saturated rings. The van der Waals surface area contributed by atoms with Gasteiger partial charge in [-0.1, -0.05) is 26.0 Å². The molecule has 1 atom stereocenters. The summed E-state index contributed by atoms with van der Waals surface area (Å²) in [5.41, 5.74) is 1.90. The van der Waals surface area contributed by atoms with Crippen molar-refractivity contribution in [2.24, 2.45) is 5.92 Å². The van der Waals surface area contributed by atoms with Crippen molar-refractivity contribution in [3.63, 3.8) is 0 Å². The first-order chi connectivity index (χ1) is 11.1. The summed E-state index contributed by atoms with van der Waals surface area (Å²) < 4.78 is 1.75. The van der Waals surface area contributed by atoms with Crippen molar-refractivity contribution in [2.75, 3.05) is 0 Å². The van der Waals surface area contributed by atoms with Crippen molar-refractivity contribution in [1.29, 1.82) is 0 Å². The number of nitrogens with one attached hydrogen (secondary N) is 2. The lowest BCUT2D eigenvalue weighted by molar-refractivity contribution is -0.122. The summed E-state index contributed by atoms with van der Waals surface area (Å²) in [7, 11) is 0. The second-order valence-corrected chi connectivity index (χ2v) is 6.12. The van der Waals surface area contributed by atoms with Crippen LogP contribution < -0.4 is 5.32 Å². The molecule has 2 heterocycles. The monoisotopic (exact) mass is 311 g/mol. The van der Waals surface area contributed by atoms with Crippen LogP contribution in [0.2, 0.25) is 0 Å². The van der Waals surface area contributed by atoms with Gasteiger partial charge in [-0.05, 0) is 24.5 Å². The van der Waals surface area contributed by atoms with E-state index >= 15 is 0 Å².